The van der Waals surface area contributed by atoms with Gasteiger partial charge in [0.15, 0.2) is 0 Å². The summed E-state index contributed by atoms with van der Waals surface area (Å²) >= 11 is 1.41. The van der Waals surface area contributed by atoms with Crippen LogP contribution in [0.4, 0.5) is 12.9 Å². The molecule has 0 atom stereocenters. The second-order valence-corrected chi connectivity index (χ2v) is 3.95. The first-order valence-electron chi connectivity index (χ1n) is 4.27. The molecule has 1 aromatic heterocycles. The predicted molar refractivity (Wildman–Crippen MR) is 57.7 cm³/mol. The summed E-state index contributed by atoms with van der Waals surface area (Å²) in [7, 11) is 0. The third kappa shape index (κ3) is 3.97. The van der Waals surface area contributed by atoms with Crippen LogP contribution in [0.2, 0.25) is 0 Å². The number of thiazole rings is 1. The Morgan fingerprint density at radius 2 is 2.00 bits per heavy atom. The number of fused-ring (bicyclic) bond motifs is 1. The van der Waals surface area contributed by atoms with Crippen molar-refractivity contribution in [2.45, 2.75) is 0 Å². The van der Waals surface area contributed by atoms with E-state index in [9.17, 15) is 12.9 Å². The fourth-order valence-corrected chi connectivity index (χ4v) is 1.92. The number of nitrogens with zero attached hydrogens (tertiary/aromatic N) is 1. The van der Waals surface area contributed by atoms with Gasteiger partial charge in [-0.1, -0.05) is 12.1 Å². The second-order valence-electron chi connectivity index (χ2n) is 3.06. The normalized spacial score (nSPS) is 11.9. The van der Waals surface area contributed by atoms with Gasteiger partial charge < -0.3 is 12.9 Å². The quantitative estimate of drug-likeness (QED) is 0.730. The van der Waals surface area contributed by atoms with E-state index < -0.39 is 6.98 Å². The molecule has 0 bridgehead atoms. The van der Waals surface area contributed by atoms with E-state index in [2.05, 4.69) is 4.98 Å². The molecule has 1 nitrogen and oxygen atoms in total. The fourth-order valence-electron chi connectivity index (χ4n) is 1.20. The van der Waals surface area contributed by atoms with Crippen molar-refractivity contribution in [3.63, 3.8) is 0 Å². The van der Waals surface area contributed by atoms with E-state index in [1.165, 1.54) is 11.3 Å². The Morgan fingerprint density at radius 1 is 1.25 bits per heavy atom. The molecule has 2 aromatic rings. The summed E-state index contributed by atoms with van der Waals surface area (Å²) < 4.78 is 36.8. The Bertz CT molecular complexity index is 509. The summed E-state index contributed by atoms with van der Waals surface area (Å²) in [5.41, 5.74) is 3.03. The molecule has 0 amide bonds. The van der Waals surface area contributed by atoms with Crippen molar-refractivity contribution < 1.29 is 64.3 Å². The molecular weight excluding hydrogens is 261 g/mol. The van der Waals surface area contributed by atoms with Crippen LogP contribution in [0.25, 0.3) is 16.3 Å². The molecule has 0 aliphatic rings. The molecule has 1 heterocycles. The third-order valence-corrected chi connectivity index (χ3v) is 2.65. The van der Waals surface area contributed by atoms with E-state index in [0.717, 1.165) is 16.3 Å². The topological polar surface area (TPSA) is 12.9 Å². The largest absolute Gasteiger partial charge is 1.00 e. The predicted octanol–water partition coefficient (Wildman–Crippen LogP) is 0.700. The molecule has 0 fully saturated rings. The standard InChI is InChI=1S/C9H6BF3NS.K/c11-10(12,13)4-3-7-1-2-8-9(5-7)15-6-14-8;/h1-6H;/q-1;+1/b4-3+;. The minimum absolute atomic E-state index is 0. The summed E-state index contributed by atoms with van der Waals surface area (Å²) in [6, 6.07) is 5.04. The third-order valence-electron chi connectivity index (χ3n) is 1.86. The number of rotatable bonds is 2. The molecule has 0 saturated heterocycles. The van der Waals surface area contributed by atoms with E-state index in [0.29, 0.717) is 11.5 Å². The van der Waals surface area contributed by atoms with Crippen LogP contribution in [-0.4, -0.2) is 12.0 Å². The van der Waals surface area contributed by atoms with Crippen molar-refractivity contribution in [2.75, 3.05) is 0 Å². The van der Waals surface area contributed by atoms with Gasteiger partial charge in [-0.3, -0.25) is 0 Å². The van der Waals surface area contributed by atoms with Crippen molar-refractivity contribution in [3.05, 3.63) is 35.2 Å². The minimum Gasteiger partial charge on any atom is -0.445 e. The molecule has 1 aromatic carbocycles. The van der Waals surface area contributed by atoms with Gasteiger partial charge >= 0.3 is 58.4 Å². The number of benzene rings is 1. The molecule has 0 radical (unpaired) electrons. The number of hydrogen-bond donors (Lipinski definition) is 0. The SMILES string of the molecule is F[B-](F)(F)/C=C/c1ccc2ncsc2c1.[K+]. The van der Waals surface area contributed by atoms with Crippen molar-refractivity contribution in [2.24, 2.45) is 0 Å². The molecule has 0 unspecified atom stereocenters. The van der Waals surface area contributed by atoms with Crippen LogP contribution in [0.1, 0.15) is 5.56 Å². The van der Waals surface area contributed by atoms with E-state index in [-0.39, 0.29) is 51.4 Å². The van der Waals surface area contributed by atoms with Crippen LogP contribution >= 0.6 is 11.3 Å². The number of aromatic nitrogens is 1. The monoisotopic (exact) mass is 267 g/mol. The van der Waals surface area contributed by atoms with E-state index in [4.69, 9.17) is 0 Å². The van der Waals surface area contributed by atoms with Gasteiger partial charge in [0.25, 0.3) is 0 Å². The molecule has 16 heavy (non-hydrogen) atoms. The van der Waals surface area contributed by atoms with Crippen LogP contribution in [0.3, 0.4) is 0 Å². The van der Waals surface area contributed by atoms with Crippen LogP contribution < -0.4 is 51.4 Å². The summed E-state index contributed by atoms with van der Waals surface area (Å²) in [6.45, 7) is -4.86. The number of halogens is 3. The van der Waals surface area contributed by atoms with Gasteiger partial charge in [0, 0.05) is 0 Å². The maximum atomic E-state index is 12.0. The molecule has 2 rings (SSSR count). The van der Waals surface area contributed by atoms with Crippen molar-refractivity contribution in [3.8, 4) is 0 Å². The average Bonchev–Trinajstić information content (AvgIpc) is 2.60. The van der Waals surface area contributed by atoms with Gasteiger partial charge in [-0.2, -0.15) is 0 Å². The first kappa shape index (κ1) is 14.4. The van der Waals surface area contributed by atoms with Gasteiger partial charge in [0.2, 0.25) is 0 Å². The first-order chi connectivity index (χ1) is 7.04. The Hall–Kier alpha value is 0.341. The Labute approximate surface area is 137 Å². The summed E-state index contributed by atoms with van der Waals surface area (Å²) in [5, 5.41) is 0. The van der Waals surface area contributed by atoms with Crippen molar-refractivity contribution in [1.82, 2.24) is 4.98 Å². The van der Waals surface area contributed by atoms with Gasteiger partial charge in [0.05, 0.1) is 15.7 Å². The minimum atomic E-state index is -4.86. The summed E-state index contributed by atoms with van der Waals surface area (Å²) in [4.78, 5) is 4.04. The molecule has 0 aliphatic carbocycles. The Kier molecular flexibility index (Phi) is 5.21. The van der Waals surface area contributed by atoms with Crippen LogP contribution in [-0.2, 0) is 0 Å². The number of hydrogen-bond acceptors (Lipinski definition) is 2. The molecule has 0 saturated carbocycles. The summed E-state index contributed by atoms with van der Waals surface area (Å²) in [6.07, 6.45) is 1.08. The second kappa shape index (κ2) is 5.79. The maximum absolute atomic E-state index is 12.0. The van der Waals surface area contributed by atoms with Crippen LogP contribution in [0.15, 0.2) is 29.7 Å². The first-order valence-corrected chi connectivity index (χ1v) is 5.15. The molecule has 0 N–H and O–H groups in total. The van der Waals surface area contributed by atoms with Gasteiger partial charge in [-0.25, -0.2) is 4.98 Å². The Balaban J connectivity index is 0.00000128. The summed E-state index contributed by atoms with van der Waals surface area (Å²) in [5.74, 6) is 0.294. The molecule has 0 aliphatic heterocycles. The zero-order chi connectivity index (χ0) is 10.9. The maximum Gasteiger partial charge on any atom is 1.00 e. The van der Waals surface area contributed by atoms with Crippen molar-refractivity contribution in [1.29, 1.82) is 0 Å². The molecule has 0 spiro atoms. The van der Waals surface area contributed by atoms with E-state index in [1.807, 2.05) is 0 Å². The zero-order valence-electron chi connectivity index (χ0n) is 8.53. The van der Waals surface area contributed by atoms with Crippen molar-refractivity contribution >= 4 is 34.6 Å². The Morgan fingerprint density at radius 3 is 2.69 bits per heavy atom. The molecular formula is C9H6BF3KNS. The van der Waals surface area contributed by atoms with Crippen LogP contribution in [0, 0.1) is 0 Å². The smallest absolute Gasteiger partial charge is 0.445 e. The fraction of sp³-hybridized carbons (Fsp3) is 0. The zero-order valence-corrected chi connectivity index (χ0v) is 12.5. The van der Waals surface area contributed by atoms with Gasteiger partial charge in [0.1, 0.15) is 0 Å². The van der Waals surface area contributed by atoms with Crippen LogP contribution in [0.5, 0.6) is 0 Å². The molecule has 7 heteroatoms. The average molecular weight is 267 g/mol. The van der Waals surface area contributed by atoms with Gasteiger partial charge in [-0.05, 0) is 17.7 Å². The van der Waals surface area contributed by atoms with E-state index >= 15 is 0 Å². The van der Waals surface area contributed by atoms with E-state index in [1.54, 1.807) is 23.7 Å². The van der Waals surface area contributed by atoms with Gasteiger partial charge in [-0.15, -0.1) is 17.3 Å². The molecule has 78 valence electrons.